The van der Waals surface area contributed by atoms with Gasteiger partial charge in [0.2, 0.25) is 0 Å². The molecule has 56 heavy (non-hydrogen) atoms. The molecule has 0 unspecified atom stereocenters. The van der Waals surface area contributed by atoms with Crippen molar-refractivity contribution >= 4 is 21.8 Å². The Morgan fingerprint density at radius 3 is 1.82 bits per heavy atom. The highest BCUT2D eigenvalue weighted by Crippen LogP contribution is 2.50. The minimum Gasteiger partial charge on any atom is -0.507 e. The van der Waals surface area contributed by atoms with E-state index in [0.717, 1.165) is 72.6 Å². The van der Waals surface area contributed by atoms with Crippen molar-refractivity contribution < 1.29 is 5.11 Å². The van der Waals surface area contributed by atoms with Gasteiger partial charge in [0, 0.05) is 27.8 Å². The molecular formula is C52H49N3O. The second-order valence-corrected chi connectivity index (χ2v) is 18.5. The second-order valence-electron chi connectivity index (χ2n) is 18.5. The van der Waals surface area contributed by atoms with Crippen molar-refractivity contribution in [3.63, 3.8) is 0 Å². The Balaban J connectivity index is 1.36. The lowest BCUT2D eigenvalue weighted by molar-refractivity contribution is 0.446. The number of rotatable bonds is 3. The van der Waals surface area contributed by atoms with Crippen molar-refractivity contribution in [2.75, 3.05) is 0 Å². The number of fused-ring (bicyclic) bond motifs is 6. The quantitative estimate of drug-likeness (QED) is 0.197. The van der Waals surface area contributed by atoms with Crippen LogP contribution >= 0.6 is 0 Å². The molecule has 0 spiro atoms. The lowest BCUT2D eigenvalue weighted by atomic mass is 9.79. The summed E-state index contributed by atoms with van der Waals surface area (Å²) in [6.07, 6.45) is 0. The molecule has 1 aliphatic rings. The normalized spacial score (nSPS) is 12.8. The number of hydrogen-bond acceptors (Lipinski definition) is 3. The smallest absolute Gasteiger partial charge is 0.149 e. The van der Waals surface area contributed by atoms with Gasteiger partial charge in [0.25, 0.3) is 0 Å². The summed E-state index contributed by atoms with van der Waals surface area (Å²) in [4.78, 5) is 11.0. The van der Waals surface area contributed by atoms with E-state index in [1.54, 1.807) is 0 Å². The van der Waals surface area contributed by atoms with Crippen molar-refractivity contribution in [1.29, 1.82) is 0 Å². The molecule has 0 atom stereocenters. The van der Waals surface area contributed by atoms with Gasteiger partial charge in [0.05, 0.1) is 33.7 Å². The van der Waals surface area contributed by atoms with Gasteiger partial charge in [-0.05, 0) is 91.7 Å². The van der Waals surface area contributed by atoms with E-state index in [-0.39, 0.29) is 22.0 Å². The monoisotopic (exact) mass is 731 g/mol. The number of hydrogen-bond donors (Lipinski definition) is 1. The van der Waals surface area contributed by atoms with E-state index < -0.39 is 0 Å². The van der Waals surface area contributed by atoms with Crippen LogP contribution in [0.3, 0.4) is 0 Å². The van der Waals surface area contributed by atoms with Crippen molar-refractivity contribution in [2.45, 2.75) is 78.6 Å². The highest BCUT2D eigenvalue weighted by molar-refractivity contribution is 6.08. The first-order chi connectivity index (χ1) is 26.6. The maximum Gasteiger partial charge on any atom is 0.149 e. The molecule has 0 aliphatic carbocycles. The molecule has 0 saturated heterocycles. The average molecular weight is 732 g/mol. The van der Waals surface area contributed by atoms with Crippen molar-refractivity contribution in [1.82, 2.24) is 14.5 Å². The number of aromatic hydroxyl groups is 1. The van der Waals surface area contributed by atoms with Gasteiger partial charge in [-0.1, -0.05) is 147 Å². The van der Waals surface area contributed by atoms with Crippen LogP contribution in [-0.2, 0) is 16.2 Å². The van der Waals surface area contributed by atoms with Gasteiger partial charge in [-0.2, -0.15) is 0 Å². The van der Waals surface area contributed by atoms with Crippen LogP contribution in [0.25, 0.3) is 83.6 Å². The van der Waals surface area contributed by atoms with E-state index in [2.05, 4.69) is 194 Å². The number of nitrogens with zero attached hydrogens (tertiary/aromatic N) is 3. The second kappa shape index (κ2) is 12.5. The third kappa shape index (κ3) is 5.73. The Kier molecular flexibility index (Phi) is 7.97. The van der Waals surface area contributed by atoms with Crippen LogP contribution in [0.4, 0.5) is 0 Å². The van der Waals surface area contributed by atoms with Crippen molar-refractivity contribution in [2.24, 2.45) is 0 Å². The first kappa shape index (κ1) is 35.7. The van der Waals surface area contributed by atoms with Gasteiger partial charge in [-0.15, -0.1) is 0 Å². The molecule has 8 aromatic rings. The number of phenolic OH excluding ortho intramolecular Hbond substituents is 1. The predicted molar refractivity (Wildman–Crippen MR) is 235 cm³/mol. The number of aromatic nitrogens is 3. The maximum atomic E-state index is 12.3. The summed E-state index contributed by atoms with van der Waals surface area (Å²) in [5.74, 6) is 0.981. The van der Waals surface area contributed by atoms with Crippen molar-refractivity contribution in [3.8, 4) is 67.6 Å². The zero-order valence-corrected chi connectivity index (χ0v) is 33.9. The minimum absolute atomic E-state index is 0.0417. The summed E-state index contributed by atoms with van der Waals surface area (Å²) in [5, 5.41) is 14.8. The fourth-order valence-electron chi connectivity index (χ4n) is 8.50. The number of phenols is 1. The molecule has 9 rings (SSSR count). The maximum absolute atomic E-state index is 12.3. The molecule has 1 aliphatic heterocycles. The van der Waals surface area contributed by atoms with E-state index in [9.17, 15) is 5.11 Å². The molecule has 0 fully saturated rings. The predicted octanol–water partition coefficient (Wildman–Crippen LogP) is 13.8. The van der Waals surface area contributed by atoms with E-state index in [1.807, 2.05) is 0 Å². The highest BCUT2D eigenvalue weighted by atomic mass is 16.3. The average Bonchev–Trinajstić information content (AvgIpc) is 3.50. The largest absolute Gasteiger partial charge is 0.507 e. The Morgan fingerprint density at radius 2 is 1.11 bits per heavy atom. The van der Waals surface area contributed by atoms with Gasteiger partial charge in [-0.3, -0.25) is 4.57 Å². The Bertz CT molecular complexity index is 2870. The van der Waals surface area contributed by atoms with Crippen LogP contribution in [0.15, 0.2) is 127 Å². The van der Waals surface area contributed by atoms with Crippen molar-refractivity contribution in [3.05, 3.63) is 144 Å². The van der Waals surface area contributed by atoms with Gasteiger partial charge < -0.3 is 5.11 Å². The fourth-order valence-corrected chi connectivity index (χ4v) is 8.50. The Morgan fingerprint density at radius 1 is 0.482 bits per heavy atom. The van der Waals surface area contributed by atoms with Crippen LogP contribution < -0.4 is 0 Å². The number of para-hydroxylation sites is 1. The molecule has 0 bridgehead atoms. The highest BCUT2D eigenvalue weighted by Gasteiger charge is 2.32. The number of pyridine rings is 1. The van der Waals surface area contributed by atoms with Gasteiger partial charge in [0.1, 0.15) is 11.6 Å². The standard InChI is InChI=1S/C52H49N3O/c1-50(2,3)33-29-40(48(56)42(30-33)52(7,8)9)49-54-46-39(26-25-38-36-20-13-12-19-35(36)37-21-14-15-24-45(37)55(49)47(38)46)44-23-16-22-43(53-44)32-27-31-17-10-11-18-34(31)41(28-32)51(4,5)6/h10-30,56H,1-9H3. The zero-order chi connectivity index (χ0) is 39.3. The van der Waals surface area contributed by atoms with Gasteiger partial charge in [-0.25, -0.2) is 9.97 Å². The SMILES string of the molecule is CC(C)(C)c1cc(-c2nc3c(-c4cccc(-c5cc(C(C)(C)C)c6ccccc6c5)n4)ccc4c3n2-c2ccccc2-c2ccccc2-4)c(O)c(C(C)(C)C)c1. The first-order valence-electron chi connectivity index (χ1n) is 19.7. The molecule has 1 N–H and O–H groups in total. The number of benzene rings is 6. The summed E-state index contributed by atoms with van der Waals surface area (Å²) in [6.45, 7) is 20.0. The molecule has 4 heteroatoms. The molecule has 6 aromatic carbocycles. The topological polar surface area (TPSA) is 50.9 Å². The number of imidazole rings is 1. The van der Waals surface area contributed by atoms with E-state index in [4.69, 9.17) is 9.97 Å². The summed E-state index contributed by atoms with van der Waals surface area (Å²) < 4.78 is 2.29. The van der Waals surface area contributed by atoms with Crippen LogP contribution in [0.2, 0.25) is 0 Å². The van der Waals surface area contributed by atoms with Gasteiger partial charge in [0.15, 0.2) is 0 Å². The van der Waals surface area contributed by atoms with Crippen LogP contribution in [0.5, 0.6) is 5.75 Å². The molecule has 3 heterocycles. The summed E-state index contributed by atoms with van der Waals surface area (Å²) in [5.41, 5.74) is 14.8. The van der Waals surface area contributed by atoms with E-state index in [1.165, 1.54) is 21.9 Å². The van der Waals surface area contributed by atoms with E-state index >= 15 is 0 Å². The lowest BCUT2D eigenvalue weighted by Gasteiger charge is -2.27. The third-order valence-corrected chi connectivity index (χ3v) is 11.5. The van der Waals surface area contributed by atoms with Crippen LogP contribution in [-0.4, -0.2) is 19.6 Å². The molecule has 0 saturated carbocycles. The van der Waals surface area contributed by atoms with E-state index in [0.29, 0.717) is 5.82 Å². The molecule has 0 radical (unpaired) electrons. The van der Waals surface area contributed by atoms with Crippen LogP contribution in [0.1, 0.15) is 79.0 Å². The Labute approximate surface area is 330 Å². The summed E-state index contributed by atoms with van der Waals surface area (Å²) in [7, 11) is 0. The third-order valence-electron chi connectivity index (χ3n) is 11.5. The molecular weight excluding hydrogens is 683 g/mol. The molecule has 2 aromatic heterocycles. The lowest BCUT2D eigenvalue weighted by Crippen LogP contribution is -2.17. The molecule has 278 valence electrons. The zero-order valence-electron chi connectivity index (χ0n) is 33.9. The first-order valence-corrected chi connectivity index (χ1v) is 19.7. The summed E-state index contributed by atoms with van der Waals surface area (Å²) in [6, 6.07) is 45.5. The molecule has 4 nitrogen and oxygen atoms in total. The minimum atomic E-state index is -0.296. The molecule has 0 amide bonds. The summed E-state index contributed by atoms with van der Waals surface area (Å²) >= 11 is 0. The fraction of sp³-hybridized carbons (Fsp3) is 0.231. The van der Waals surface area contributed by atoms with Crippen LogP contribution in [0, 0.1) is 0 Å². The Hall–Kier alpha value is -6.00. The van der Waals surface area contributed by atoms with Gasteiger partial charge >= 0.3 is 0 Å².